The van der Waals surface area contributed by atoms with Crippen LogP contribution < -0.4 is 16.8 Å². The summed E-state index contributed by atoms with van der Waals surface area (Å²) in [5, 5.41) is 3.26. The van der Waals surface area contributed by atoms with Crippen LogP contribution >= 0.6 is 0 Å². The maximum Gasteiger partial charge on any atom is 0.223 e. The van der Waals surface area contributed by atoms with Gasteiger partial charge < -0.3 is 16.8 Å². The summed E-state index contributed by atoms with van der Waals surface area (Å²) in [6, 6.07) is 1.72. The van der Waals surface area contributed by atoms with Gasteiger partial charge in [-0.25, -0.2) is 0 Å². The van der Waals surface area contributed by atoms with E-state index >= 15 is 0 Å². The molecule has 1 aromatic heterocycles. The molecule has 0 unspecified atom stereocenters. The van der Waals surface area contributed by atoms with Crippen molar-refractivity contribution in [2.45, 2.75) is 38.5 Å². The zero-order valence-corrected chi connectivity index (χ0v) is 10.2. The lowest BCUT2D eigenvalue weighted by molar-refractivity contribution is 0.345. The van der Waals surface area contributed by atoms with Crippen molar-refractivity contribution in [3.8, 4) is 0 Å². The Morgan fingerprint density at radius 2 is 1.94 bits per heavy atom. The molecule has 5 N–H and O–H groups in total. The van der Waals surface area contributed by atoms with E-state index in [2.05, 4.69) is 15.3 Å². The van der Waals surface area contributed by atoms with E-state index in [0.717, 1.165) is 18.3 Å². The van der Waals surface area contributed by atoms with Crippen molar-refractivity contribution < 1.29 is 0 Å². The molecule has 0 atom stereocenters. The minimum Gasteiger partial charge on any atom is -0.383 e. The zero-order valence-electron chi connectivity index (χ0n) is 10.2. The summed E-state index contributed by atoms with van der Waals surface area (Å²) >= 11 is 0. The third-order valence-corrected chi connectivity index (χ3v) is 3.35. The Kier molecular flexibility index (Phi) is 4.01. The summed E-state index contributed by atoms with van der Waals surface area (Å²) in [6.45, 7) is 0.931. The van der Waals surface area contributed by atoms with Crippen LogP contribution in [0, 0.1) is 5.92 Å². The number of anilines is 3. The van der Waals surface area contributed by atoms with Gasteiger partial charge in [0.05, 0.1) is 0 Å². The van der Waals surface area contributed by atoms with Crippen LogP contribution in [0.15, 0.2) is 6.07 Å². The van der Waals surface area contributed by atoms with E-state index in [1.54, 1.807) is 6.07 Å². The lowest BCUT2D eigenvalue weighted by Crippen LogP contribution is -2.13. The predicted octanol–water partition coefficient (Wildman–Crippen LogP) is 2.02. The first-order valence-electron chi connectivity index (χ1n) is 6.38. The second-order valence-corrected chi connectivity index (χ2v) is 4.76. The number of hydrogen-bond donors (Lipinski definition) is 3. The minimum absolute atomic E-state index is 0.227. The van der Waals surface area contributed by atoms with Gasteiger partial charge in [0.15, 0.2) is 0 Å². The van der Waals surface area contributed by atoms with Crippen LogP contribution in [-0.4, -0.2) is 16.5 Å². The van der Waals surface area contributed by atoms with E-state index in [1.807, 2.05) is 0 Å². The summed E-state index contributed by atoms with van der Waals surface area (Å²) in [5.74, 6) is 2.24. The van der Waals surface area contributed by atoms with E-state index in [4.69, 9.17) is 11.5 Å². The lowest BCUT2D eigenvalue weighted by atomic mass is 9.87. The smallest absolute Gasteiger partial charge is 0.223 e. The molecule has 0 aromatic carbocycles. The first-order valence-corrected chi connectivity index (χ1v) is 6.38. The second kappa shape index (κ2) is 5.70. The van der Waals surface area contributed by atoms with Crippen LogP contribution in [0.5, 0.6) is 0 Å². The molecule has 1 aromatic rings. The van der Waals surface area contributed by atoms with Crippen molar-refractivity contribution in [3.63, 3.8) is 0 Å². The molecule has 0 aliphatic heterocycles. The summed E-state index contributed by atoms with van der Waals surface area (Å²) in [4.78, 5) is 7.93. The fraction of sp³-hybridized carbons (Fsp3) is 0.667. The Hall–Kier alpha value is -1.52. The van der Waals surface area contributed by atoms with Crippen LogP contribution in [0.1, 0.15) is 38.5 Å². The third kappa shape index (κ3) is 3.76. The van der Waals surface area contributed by atoms with E-state index in [1.165, 1.54) is 38.5 Å². The Morgan fingerprint density at radius 3 is 2.65 bits per heavy atom. The number of nitrogens with two attached hydrogens (primary N) is 2. The molecule has 94 valence electrons. The first-order chi connectivity index (χ1) is 8.24. The van der Waals surface area contributed by atoms with Gasteiger partial charge in [0.1, 0.15) is 11.6 Å². The molecule has 0 radical (unpaired) electrons. The Labute approximate surface area is 102 Å². The Bertz CT molecular complexity index is 340. The van der Waals surface area contributed by atoms with Crippen LogP contribution in [0.3, 0.4) is 0 Å². The molecule has 0 spiro atoms. The normalized spacial score (nSPS) is 16.9. The molecule has 5 nitrogen and oxygen atoms in total. The Balaban J connectivity index is 1.77. The number of nitrogens with zero attached hydrogens (tertiary/aromatic N) is 2. The van der Waals surface area contributed by atoms with Gasteiger partial charge in [-0.15, -0.1) is 0 Å². The highest BCUT2D eigenvalue weighted by molar-refractivity contribution is 5.48. The van der Waals surface area contributed by atoms with Crippen LogP contribution in [0.25, 0.3) is 0 Å². The average molecular weight is 235 g/mol. The van der Waals surface area contributed by atoms with Crippen LogP contribution in [0.4, 0.5) is 17.6 Å². The molecule has 0 bridgehead atoms. The fourth-order valence-corrected chi connectivity index (χ4v) is 2.46. The van der Waals surface area contributed by atoms with Gasteiger partial charge in [-0.3, -0.25) is 0 Å². The summed E-state index contributed by atoms with van der Waals surface area (Å²) < 4.78 is 0. The van der Waals surface area contributed by atoms with E-state index < -0.39 is 0 Å². The summed E-state index contributed by atoms with van der Waals surface area (Å²) in [5.41, 5.74) is 11.1. The van der Waals surface area contributed by atoms with Crippen molar-refractivity contribution in [2.24, 2.45) is 5.92 Å². The quantitative estimate of drug-likeness (QED) is 0.743. The SMILES string of the molecule is Nc1cc(NCCC2CCCCC2)nc(N)n1. The monoisotopic (exact) mass is 235 g/mol. The highest BCUT2D eigenvalue weighted by Gasteiger charge is 2.12. The molecule has 0 saturated heterocycles. The number of nitrogens with one attached hydrogen (secondary N) is 1. The maximum absolute atomic E-state index is 5.60. The molecule has 1 saturated carbocycles. The van der Waals surface area contributed by atoms with E-state index in [9.17, 15) is 0 Å². The van der Waals surface area contributed by atoms with Gasteiger partial charge in [-0.2, -0.15) is 9.97 Å². The fourth-order valence-electron chi connectivity index (χ4n) is 2.46. The largest absolute Gasteiger partial charge is 0.383 e. The molecule has 2 rings (SSSR count). The van der Waals surface area contributed by atoms with Gasteiger partial charge in [-0.1, -0.05) is 32.1 Å². The maximum atomic E-state index is 5.60. The van der Waals surface area contributed by atoms with Gasteiger partial charge >= 0.3 is 0 Å². The predicted molar refractivity (Wildman–Crippen MR) is 70.5 cm³/mol. The molecule has 1 aliphatic rings. The number of hydrogen-bond acceptors (Lipinski definition) is 5. The van der Waals surface area contributed by atoms with Crippen molar-refractivity contribution in [1.82, 2.24) is 9.97 Å². The Morgan fingerprint density at radius 1 is 1.18 bits per heavy atom. The highest BCUT2D eigenvalue weighted by atomic mass is 15.1. The van der Waals surface area contributed by atoms with Crippen LogP contribution in [0.2, 0.25) is 0 Å². The minimum atomic E-state index is 0.227. The van der Waals surface area contributed by atoms with Gasteiger partial charge in [0, 0.05) is 12.6 Å². The lowest BCUT2D eigenvalue weighted by Gasteiger charge is -2.21. The molecule has 17 heavy (non-hydrogen) atoms. The molecule has 0 amide bonds. The van der Waals surface area contributed by atoms with Crippen molar-refractivity contribution in [2.75, 3.05) is 23.3 Å². The van der Waals surface area contributed by atoms with E-state index in [-0.39, 0.29) is 5.95 Å². The van der Waals surface area contributed by atoms with Gasteiger partial charge in [-0.05, 0) is 12.3 Å². The highest BCUT2D eigenvalue weighted by Crippen LogP contribution is 2.26. The summed E-state index contributed by atoms with van der Waals surface area (Å²) in [7, 11) is 0. The molecule has 1 fully saturated rings. The zero-order chi connectivity index (χ0) is 12.1. The molecule has 5 heteroatoms. The van der Waals surface area contributed by atoms with Gasteiger partial charge in [0.25, 0.3) is 0 Å². The van der Waals surface area contributed by atoms with E-state index in [0.29, 0.717) is 5.82 Å². The second-order valence-electron chi connectivity index (χ2n) is 4.76. The first kappa shape index (κ1) is 12.0. The standard InChI is InChI=1S/C12H21N5/c13-10-8-11(17-12(14)16-10)15-7-6-9-4-2-1-3-5-9/h8-9H,1-7H2,(H5,13,14,15,16,17). The molecular weight excluding hydrogens is 214 g/mol. The van der Waals surface area contributed by atoms with Crippen molar-refractivity contribution >= 4 is 17.6 Å². The van der Waals surface area contributed by atoms with Crippen LogP contribution in [-0.2, 0) is 0 Å². The summed E-state index contributed by atoms with van der Waals surface area (Å²) in [6.07, 6.45) is 8.12. The number of nitrogen functional groups attached to an aromatic ring is 2. The molecule has 1 heterocycles. The van der Waals surface area contributed by atoms with Crippen molar-refractivity contribution in [3.05, 3.63) is 6.07 Å². The molecular formula is C12H21N5. The van der Waals surface area contributed by atoms with Crippen molar-refractivity contribution in [1.29, 1.82) is 0 Å². The topological polar surface area (TPSA) is 89.8 Å². The average Bonchev–Trinajstić information content (AvgIpc) is 2.29. The molecule has 1 aliphatic carbocycles. The number of aromatic nitrogens is 2. The number of rotatable bonds is 4. The third-order valence-electron chi connectivity index (χ3n) is 3.35. The van der Waals surface area contributed by atoms with Gasteiger partial charge in [0.2, 0.25) is 5.95 Å².